The van der Waals surface area contributed by atoms with Gasteiger partial charge in [0.1, 0.15) is 0 Å². The van der Waals surface area contributed by atoms with Crippen LogP contribution in [0.15, 0.2) is 29.2 Å². The molecular formula is C19H29N3O3S. The SMILES string of the molecule is CC1CC(NC(=O)c2cccc(S(=O)(=O)N3CCCCCC3)c2)CCN1. The minimum Gasteiger partial charge on any atom is -0.349 e. The van der Waals surface area contributed by atoms with E-state index in [-0.39, 0.29) is 16.8 Å². The van der Waals surface area contributed by atoms with Gasteiger partial charge in [0.15, 0.2) is 0 Å². The number of carbonyl (C=O) groups excluding carboxylic acids is 1. The molecule has 3 rings (SSSR count). The van der Waals surface area contributed by atoms with E-state index in [9.17, 15) is 13.2 Å². The Morgan fingerprint density at radius 3 is 2.62 bits per heavy atom. The monoisotopic (exact) mass is 379 g/mol. The molecular weight excluding hydrogens is 350 g/mol. The van der Waals surface area contributed by atoms with Crippen molar-refractivity contribution in [2.24, 2.45) is 0 Å². The van der Waals surface area contributed by atoms with Crippen LogP contribution in [0.4, 0.5) is 0 Å². The summed E-state index contributed by atoms with van der Waals surface area (Å²) in [5.41, 5.74) is 0.409. The Morgan fingerprint density at radius 1 is 1.19 bits per heavy atom. The van der Waals surface area contributed by atoms with Gasteiger partial charge in [0.05, 0.1) is 4.90 Å². The molecule has 0 saturated carbocycles. The largest absolute Gasteiger partial charge is 0.349 e. The van der Waals surface area contributed by atoms with Gasteiger partial charge in [0.25, 0.3) is 5.91 Å². The summed E-state index contributed by atoms with van der Waals surface area (Å²) in [6.07, 6.45) is 5.71. The van der Waals surface area contributed by atoms with E-state index in [1.165, 1.54) is 6.07 Å². The Kier molecular flexibility index (Phi) is 6.32. The Balaban J connectivity index is 1.73. The molecule has 1 amide bonds. The molecule has 0 spiro atoms. The summed E-state index contributed by atoms with van der Waals surface area (Å²) in [5, 5.41) is 6.41. The molecule has 1 aromatic carbocycles. The molecule has 2 aliphatic rings. The molecule has 2 heterocycles. The van der Waals surface area contributed by atoms with Gasteiger partial charge in [-0.2, -0.15) is 4.31 Å². The number of nitrogens with zero attached hydrogens (tertiary/aromatic N) is 1. The molecule has 7 heteroatoms. The van der Waals surface area contributed by atoms with Crippen LogP contribution in [0.3, 0.4) is 0 Å². The molecule has 2 N–H and O–H groups in total. The quantitative estimate of drug-likeness (QED) is 0.840. The van der Waals surface area contributed by atoms with Crippen molar-refractivity contribution >= 4 is 15.9 Å². The lowest BCUT2D eigenvalue weighted by atomic mass is 10.0. The van der Waals surface area contributed by atoms with Crippen LogP contribution in [0, 0.1) is 0 Å². The highest BCUT2D eigenvalue weighted by Gasteiger charge is 2.26. The van der Waals surface area contributed by atoms with Gasteiger partial charge in [0, 0.05) is 30.7 Å². The molecule has 2 atom stereocenters. The van der Waals surface area contributed by atoms with Gasteiger partial charge in [-0.3, -0.25) is 4.79 Å². The number of benzene rings is 1. The summed E-state index contributed by atoms with van der Waals surface area (Å²) in [6, 6.07) is 6.95. The van der Waals surface area contributed by atoms with E-state index < -0.39 is 10.0 Å². The number of carbonyl (C=O) groups is 1. The maximum atomic E-state index is 12.9. The third-order valence-corrected chi connectivity index (χ3v) is 7.15. The second-order valence-electron chi connectivity index (χ2n) is 7.40. The van der Waals surface area contributed by atoms with Crippen LogP contribution >= 0.6 is 0 Å². The maximum Gasteiger partial charge on any atom is 0.251 e. The summed E-state index contributed by atoms with van der Waals surface area (Å²) in [5.74, 6) is -0.197. The summed E-state index contributed by atoms with van der Waals surface area (Å²) >= 11 is 0. The van der Waals surface area contributed by atoms with E-state index in [0.29, 0.717) is 24.7 Å². The van der Waals surface area contributed by atoms with Crippen molar-refractivity contribution < 1.29 is 13.2 Å². The topological polar surface area (TPSA) is 78.5 Å². The van der Waals surface area contributed by atoms with Gasteiger partial charge in [-0.25, -0.2) is 8.42 Å². The first-order valence-electron chi connectivity index (χ1n) is 9.61. The molecule has 2 saturated heterocycles. The van der Waals surface area contributed by atoms with Crippen molar-refractivity contribution in [2.75, 3.05) is 19.6 Å². The van der Waals surface area contributed by atoms with Gasteiger partial charge in [0.2, 0.25) is 10.0 Å². The summed E-state index contributed by atoms with van der Waals surface area (Å²) < 4.78 is 27.4. The average molecular weight is 380 g/mol. The van der Waals surface area contributed by atoms with Crippen LogP contribution in [-0.4, -0.2) is 50.3 Å². The van der Waals surface area contributed by atoms with Gasteiger partial charge in [-0.15, -0.1) is 0 Å². The van der Waals surface area contributed by atoms with Crippen molar-refractivity contribution in [1.82, 2.24) is 14.9 Å². The second-order valence-corrected chi connectivity index (χ2v) is 9.33. The summed E-state index contributed by atoms with van der Waals surface area (Å²) in [4.78, 5) is 12.8. The van der Waals surface area contributed by atoms with Crippen LogP contribution < -0.4 is 10.6 Å². The first-order valence-corrected chi connectivity index (χ1v) is 11.1. The zero-order valence-corrected chi connectivity index (χ0v) is 16.2. The maximum absolute atomic E-state index is 12.9. The highest BCUT2D eigenvalue weighted by molar-refractivity contribution is 7.89. The molecule has 2 aliphatic heterocycles. The second kappa shape index (κ2) is 8.50. The fraction of sp³-hybridized carbons (Fsp3) is 0.632. The first kappa shape index (κ1) is 19.3. The smallest absolute Gasteiger partial charge is 0.251 e. The first-order chi connectivity index (χ1) is 12.5. The molecule has 0 aliphatic carbocycles. The van der Waals surface area contributed by atoms with E-state index in [1.807, 2.05) is 0 Å². The number of amides is 1. The van der Waals surface area contributed by atoms with E-state index >= 15 is 0 Å². The standard InChI is InChI=1S/C19H29N3O3S/c1-15-13-17(9-10-20-15)21-19(23)16-7-6-8-18(14-16)26(24,25)22-11-4-2-3-5-12-22/h6-8,14-15,17,20H,2-5,9-13H2,1H3,(H,21,23). The number of rotatable bonds is 4. The third-order valence-electron chi connectivity index (χ3n) is 5.26. The lowest BCUT2D eigenvalue weighted by Crippen LogP contribution is -2.46. The molecule has 144 valence electrons. The lowest BCUT2D eigenvalue weighted by Gasteiger charge is -2.28. The van der Waals surface area contributed by atoms with Crippen LogP contribution in [0.1, 0.15) is 55.8 Å². The van der Waals surface area contributed by atoms with Crippen LogP contribution in [0.25, 0.3) is 0 Å². The number of hydrogen-bond acceptors (Lipinski definition) is 4. The minimum absolute atomic E-state index is 0.129. The van der Waals surface area contributed by atoms with Crippen LogP contribution in [0.5, 0.6) is 0 Å². The Bertz CT molecular complexity index is 727. The summed E-state index contributed by atoms with van der Waals surface area (Å²) in [6.45, 7) is 4.11. The van der Waals surface area contributed by atoms with Gasteiger partial charge < -0.3 is 10.6 Å². The van der Waals surface area contributed by atoms with Crippen molar-refractivity contribution in [1.29, 1.82) is 0 Å². The predicted octanol–water partition coefficient (Wildman–Crippen LogP) is 2.12. The lowest BCUT2D eigenvalue weighted by molar-refractivity contribution is 0.0925. The van der Waals surface area contributed by atoms with Gasteiger partial charge >= 0.3 is 0 Å². The molecule has 1 aromatic rings. The highest BCUT2D eigenvalue weighted by atomic mass is 32.2. The molecule has 0 bridgehead atoms. The number of nitrogens with one attached hydrogen (secondary N) is 2. The van der Waals surface area contributed by atoms with Crippen LogP contribution in [-0.2, 0) is 10.0 Å². The average Bonchev–Trinajstić information content (AvgIpc) is 2.92. The molecule has 0 radical (unpaired) electrons. The third kappa shape index (κ3) is 4.64. The van der Waals surface area contributed by atoms with E-state index in [2.05, 4.69) is 17.6 Å². The van der Waals surface area contributed by atoms with Crippen LogP contribution in [0.2, 0.25) is 0 Å². The van der Waals surface area contributed by atoms with Gasteiger partial charge in [-0.05, 0) is 57.4 Å². The Morgan fingerprint density at radius 2 is 1.92 bits per heavy atom. The van der Waals surface area contributed by atoms with Gasteiger partial charge in [-0.1, -0.05) is 18.9 Å². The van der Waals surface area contributed by atoms with Crippen molar-refractivity contribution in [3.8, 4) is 0 Å². The van der Waals surface area contributed by atoms with E-state index in [1.54, 1.807) is 22.5 Å². The van der Waals surface area contributed by atoms with E-state index in [4.69, 9.17) is 0 Å². The highest BCUT2D eigenvalue weighted by Crippen LogP contribution is 2.21. The minimum atomic E-state index is -3.54. The predicted molar refractivity (Wildman–Crippen MR) is 102 cm³/mol. The molecule has 0 aromatic heterocycles. The normalized spacial score (nSPS) is 25.4. The zero-order chi connectivity index (χ0) is 18.6. The molecule has 6 nitrogen and oxygen atoms in total. The van der Waals surface area contributed by atoms with Crippen molar-refractivity contribution in [3.05, 3.63) is 29.8 Å². The number of sulfonamides is 1. The fourth-order valence-corrected chi connectivity index (χ4v) is 5.32. The van der Waals surface area contributed by atoms with E-state index in [0.717, 1.165) is 45.1 Å². The van der Waals surface area contributed by atoms with Crippen molar-refractivity contribution in [3.63, 3.8) is 0 Å². The molecule has 2 unspecified atom stereocenters. The number of piperidine rings is 1. The molecule has 26 heavy (non-hydrogen) atoms. The Hall–Kier alpha value is -1.44. The Labute approximate surface area is 156 Å². The molecule has 2 fully saturated rings. The zero-order valence-electron chi connectivity index (χ0n) is 15.4. The summed E-state index contributed by atoms with van der Waals surface area (Å²) in [7, 11) is -3.54. The number of hydrogen-bond donors (Lipinski definition) is 2. The van der Waals surface area contributed by atoms with Crippen molar-refractivity contribution in [2.45, 2.75) is 62.4 Å². The fourth-order valence-electron chi connectivity index (χ4n) is 3.76.